The Morgan fingerprint density at radius 3 is 2.69 bits per heavy atom. The molecule has 1 aromatic carbocycles. The lowest BCUT2D eigenvalue weighted by atomic mass is 10.1. The number of nitrogens with zero attached hydrogens (tertiary/aromatic N) is 1. The number of aliphatic hydroxyl groups is 1. The molecular formula is C21H25NO5S2. The Morgan fingerprint density at radius 1 is 1.24 bits per heavy atom. The topological polar surface area (TPSA) is 94.9 Å². The highest BCUT2D eigenvalue weighted by Crippen LogP contribution is 2.24. The number of hydrogen-bond donors (Lipinski definition) is 2. The van der Waals surface area contributed by atoms with Gasteiger partial charge in [-0.1, -0.05) is 42.5 Å². The Bertz CT molecular complexity index is 952. The molecule has 2 heterocycles. The largest absolute Gasteiger partial charge is 0.477 e. The standard InChI is InChI=1S/C21H25NO5S2/c23-18(15-16-5-2-1-3-6-16)9-8-17-12-14-29(26,27)22(17)13-4-7-19-10-11-20(28-19)21(24)25/h1-3,5-6,8-11,17-18,23H,4,7,12-15H2,(H,24,25)/b9-8+/t17-,18?/m0/s1. The highest BCUT2D eigenvalue weighted by molar-refractivity contribution is 7.89. The van der Waals surface area contributed by atoms with Gasteiger partial charge < -0.3 is 10.2 Å². The number of carboxylic acid groups (broad SMARTS) is 1. The van der Waals surface area contributed by atoms with E-state index in [9.17, 15) is 18.3 Å². The summed E-state index contributed by atoms with van der Waals surface area (Å²) in [6.07, 6.45) is 5.07. The molecular weight excluding hydrogens is 410 g/mol. The van der Waals surface area contributed by atoms with Crippen LogP contribution in [0.1, 0.15) is 33.0 Å². The maximum absolute atomic E-state index is 12.4. The van der Waals surface area contributed by atoms with E-state index in [0.717, 1.165) is 10.4 Å². The Morgan fingerprint density at radius 2 is 2.00 bits per heavy atom. The lowest BCUT2D eigenvalue weighted by Gasteiger charge is -2.20. The molecule has 1 aromatic heterocycles. The number of rotatable bonds is 9. The number of sulfonamides is 1. The van der Waals surface area contributed by atoms with Gasteiger partial charge in [-0.2, -0.15) is 4.31 Å². The van der Waals surface area contributed by atoms with Gasteiger partial charge in [-0.3, -0.25) is 0 Å². The molecule has 1 fully saturated rings. The van der Waals surface area contributed by atoms with Crippen LogP contribution in [0.15, 0.2) is 54.6 Å². The monoisotopic (exact) mass is 435 g/mol. The fraction of sp³-hybridized carbons (Fsp3) is 0.381. The summed E-state index contributed by atoms with van der Waals surface area (Å²) in [5, 5.41) is 19.2. The zero-order valence-electron chi connectivity index (χ0n) is 16.0. The van der Waals surface area contributed by atoms with E-state index in [0.29, 0.717) is 37.1 Å². The third kappa shape index (κ3) is 5.99. The van der Waals surface area contributed by atoms with Crippen molar-refractivity contribution in [1.29, 1.82) is 0 Å². The van der Waals surface area contributed by atoms with E-state index >= 15 is 0 Å². The Kier molecular flexibility index (Phi) is 7.23. The summed E-state index contributed by atoms with van der Waals surface area (Å²) in [6.45, 7) is 0.381. The van der Waals surface area contributed by atoms with Gasteiger partial charge in [0.15, 0.2) is 0 Å². The summed E-state index contributed by atoms with van der Waals surface area (Å²) >= 11 is 1.22. The highest BCUT2D eigenvalue weighted by Gasteiger charge is 2.35. The second kappa shape index (κ2) is 9.67. The van der Waals surface area contributed by atoms with Crippen molar-refractivity contribution in [2.45, 2.75) is 37.8 Å². The van der Waals surface area contributed by atoms with Crippen LogP contribution in [0.5, 0.6) is 0 Å². The molecule has 156 valence electrons. The summed E-state index contributed by atoms with van der Waals surface area (Å²) in [5.74, 6) is -0.832. The van der Waals surface area contributed by atoms with Crippen LogP contribution in [0.4, 0.5) is 0 Å². The number of thiophene rings is 1. The maximum Gasteiger partial charge on any atom is 0.345 e. The molecule has 1 aliphatic heterocycles. The van der Waals surface area contributed by atoms with E-state index in [4.69, 9.17) is 5.11 Å². The van der Waals surface area contributed by atoms with Crippen molar-refractivity contribution < 1.29 is 23.4 Å². The molecule has 2 aromatic rings. The van der Waals surface area contributed by atoms with Gasteiger partial charge in [0, 0.05) is 23.9 Å². The highest BCUT2D eigenvalue weighted by atomic mass is 32.2. The van der Waals surface area contributed by atoms with Gasteiger partial charge in [0.1, 0.15) is 4.88 Å². The average Bonchev–Trinajstić information content (AvgIpc) is 3.26. The number of hydrogen-bond acceptors (Lipinski definition) is 5. The molecule has 0 aliphatic carbocycles. The van der Waals surface area contributed by atoms with E-state index in [-0.39, 0.29) is 11.8 Å². The third-order valence-electron chi connectivity index (χ3n) is 4.92. The molecule has 1 saturated heterocycles. The zero-order valence-corrected chi connectivity index (χ0v) is 17.6. The minimum atomic E-state index is -3.30. The van der Waals surface area contributed by atoms with E-state index in [1.54, 1.807) is 24.3 Å². The second-order valence-electron chi connectivity index (χ2n) is 7.10. The molecule has 0 amide bonds. The Hall–Kier alpha value is -2.00. The van der Waals surface area contributed by atoms with Crippen LogP contribution in [0, 0.1) is 0 Å². The van der Waals surface area contributed by atoms with Crippen LogP contribution in [0.2, 0.25) is 0 Å². The first-order valence-corrected chi connectivity index (χ1v) is 12.0. The lowest BCUT2D eigenvalue weighted by Crippen LogP contribution is -2.33. The normalized spacial score (nSPS) is 20.2. The average molecular weight is 436 g/mol. The maximum atomic E-state index is 12.4. The molecule has 0 radical (unpaired) electrons. The van der Waals surface area contributed by atoms with Gasteiger partial charge in [0.05, 0.1) is 11.9 Å². The van der Waals surface area contributed by atoms with Crippen molar-refractivity contribution in [1.82, 2.24) is 4.31 Å². The van der Waals surface area contributed by atoms with Crippen LogP contribution >= 0.6 is 11.3 Å². The van der Waals surface area contributed by atoms with Crippen molar-refractivity contribution in [3.8, 4) is 0 Å². The number of aromatic carboxylic acids is 1. The van der Waals surface area contributed by atoms with Gasteiger partial charge >= 0.3 is 5.97 Å². The Labute approximate surface area is 175 Å². The first kappa shape index (κ1) is 21.7. The molecule has 1 unspecified atom stereocenters. The van der Waals surface area contributed by atoms with E-state index in [2.05, 4.69) is 0 Å². The van der Waals surface area contributed by atoms with Crippen molar-refractivity contribution in [3.05, 3.63) is 69.9 Å². The van der Waals surface area contributed by atoms with E-state index < -0.39 is 22.1 Å². The van der Waals surface area contributed by atoms with Crippen molar-refractivity contribution >= 4 is 27.3 Å². The fourth-order valence-electron chi connectivity index (χ4n) is 3.45. The summed E-state index contributed by atoms with van der Waals surface area (Å²) in [4.78, 5) is 12.2. The first-order chi connectivity index (χ1) is 13.8. The van der Waals surface area contributed by atoms with Gasteiger partial charge in [0.25, 0.3) is 0 Å². The van der Waals surface area contributed by atoms with Gasteiger partial charge in [-0.25, -0.2) is 13.2 Å². The number of aryl methyl sites for hydroxylation is 1. The summed E-state index contributed by atoms with van der Waals surface area (Å²) < 4.78 is 26.3. The number of aliphatic hydroxyl groups excluding tert-OH is 1. The molecule has 3 rings (SSSR count). The van der Waals surface area contributed by atoms with Crippen LogP contribution in [-0.2, 0) is 22.9 Å². The number of benzene rings is 1. The van der Waals surface area contributed by atoms with Crippen molar-refractivity contribution in [2.75, 3.05) is 12.3 Å². The van der Waals surface area contributed by atoms with E-state index in [1.165, 1.54) is 15.6 Å². The quantitative estimate of drug-likeness (QED) is 0.591. The molecule has 1 aliphatic rings. The van der Waals surface area contributed by atoms with Crippen LogP contribution in [-0.4, -0.2) is 53.3 Å². The predicted octanol–water partition coefficient (Wildman–Crippen LogP) is 2.94. The smallest absolute Gasteiger partial charge is 0.345 e. The molecule has 6 nitrogen and oxygen atoms in total. The predicted molar refractivity (Wildman–Crippen MR) is 114 cm³/mol. The van der Waals surface area contributed by atoms with Crippen molar-refractivity contribution in [2.24, 2.45) is 0 Å². The number of carbonyl (C=O) groups is 1. The summed E-state index contributed by atoms with van der Waals surface area (Å²) in [6, 6.07) is 12.8. The van der Waals surface area contributed by atoms with Gasteiger partial charge in [-0.15, -0.1) is 11.3 Å². The summed E-state index contributed by atoms with van der Waals surface area (Å²) in [5.41, 5.74) is 1.03. The molecule has 2 N–H and O–H groups in total. The van der Waals surface area contributed by atoms with Crippen molar-refractivity contribution in [3.63, 3.8) is 0 Å². The molecule has 0 spiro atoms. The SMILES string of the molecule is O=C(O)c1ccc(CCCN2[C@@H](/C=C/C(O)Cc3ccccc3)CCS2(=O)=O)s1. The summed E-state index contributed by atoms with van der Waals surface area (Å²) in [7, 11) is -3.30. The lowest BCUT2D eigenvalue weighted by molar-refractivity contribution is 0.0702. The Balaban J connectivity index is 1.56. The molecule has 0 bridgehead atoms. The first-order valence-electron chi connectivity index (χ1n) is 9.57. The third-order valence-corrected chi connectivity index (χ3v) is 7.97. The minimum Gasteiger partial charge on any atom is -0.477 e. The van der Waals surface area contributed by atoms with Gasteiger partial charge in [-0.05, 0) is 37.0 Å². The van der Waals surface area contributed by atoms with Crippen LogP contribution < -0.4 is 0 Å². The van der Waals surface area contributed by atoms with Crippen LogP contribution in [0.25, 0.3) is 0 Å². The fourth-order valence-corrected chi connectivity index (χ4v) is 6.11. The van der Waals surface area contributed by atoms with Crippen LogP contribution in [0.3, 0.4) is 0 Å². The van der Waals surface area contributed by atoms with E-state index in [1.807, 2.05) is 30.3 Å². The molecule has 2 atom stereocenters. The van der Waals surface area contributed by atoms with Gasteiger partial charge in [0.2, 0.25) is 10.0 Å². The molecule has 0 saturated carbocycles. The zero-order chi connectivity index (χ0) is 20.9. The number of carboxylic acids is 1. The minimum absolute atomic E-state index is 0.110. The second-order valence-corrected chi connectivity index (χ2v) is 10.3. The molecule has 29 heavy (non-hydrogen) atoms. The molecule has 8 heteroatoms.